The molecule has 166 valence electrons. The average molecular weight is 434 g/mol. The molecule has 0 saturated carbocycles. The molecule has 2 aromatic carbocycles. The van der Waals surface area contributed by atoms with Crippen LogP contribution >= 0.6 is 0 Å². The van der Waals surface area contributed by atoms with Crippen molar-refractivity contribution in [2.75, 3.05) is 27.4 Å². The quantitative estimate of drug-likeness (QED) is 0.524. The second-order valence-corrected chi connectivity index (χ2v) is 6.99. The molecule has 3 rings (SSSR count). The molecular weight excluding hydrogens is 408 g/mol. The first-order valence-corrected chi connectivity index (χ1v) is 10.1. The van der Waals surface area contributed by atoms with Crippen molar-refractivity contribution in [2.24, 2.45) is 0 Å². The van der Waals surface area contributed by atoms with Crippen molar-refractivity contribution in [3.8, 4) is 11.5 Å². The summed E-state index contributed by atoms with van der Waals surface area (Å²) < 4.78 is 11.9. The molecule has 1 aromatic heterocycles. The standard InChI is InChI=1S/C25H26N2O5/c1-31-22-12-11-20(17-23(22)32-2)16-21(27-13-7-6-10-24(27)29)25(30)26(14-15-28)18-19-8-4-3-5-9-19/h3-13,16-17,28H,14-15,18H2,1-2H3/b21-16+. The van der Waals surface area contributed by atoms with Crippen molar-refractivity contribution in [1.29, 1.82) is 0 Å². The minimum Gasteiger partial charge on any atom is -0.493 e. The average Bonchev–Trinajstić information content (AvgIpc) is 2.83. The Morgan fingerprint density at radius 3 is 2.38 bits per heavy atom. The highest BCUT2D eigenvalue weighted by atomic mass is 16.5. The van der Waals surface area contributed by atoms with E-state index in [0.29, 0.717) is 23.6 Å². The number of ether oxygens (including phenoxy) is 2. The molecule has 0 saturated heterocycles. The van der Waals surface area contributed by atoms with Gasteiger partial charge < -0.3 is 19.5 Å². The fraction of sp³-hybridized carbons (Fsp3) is 0.200. The van der Waals surface area contributed by atoms with Gasteiger partial charge in [0.2, 0.25) is 0 Å². The maximum Gasteiger partial charge on any atom is 0.271 e. The normalized spacial score (nSPS) is 11.2. The molecule has 7 nitrogen and oxygen atoms in total. The Kier molecular flexibility index (Phi) is 7.83. The molecule has 0 aliphatic carbocycles. The Bertz CT molecular complexity index is 1140. The van der Waals surface area contributed by atoms with Crippen LogP contribution in [0.2, 0.25) is 0 Å². The van der Waals surface area contributed by atoms with Crippen LogP contribution < -0.4 is 15.0 Å². The number of aliphatic hydroxyl groups excluding tert-OH is 1. The molecule has 0 atom stereocenters. The van der Waals surface area contributed by atoms with Gasteiger partial charge in [-0.3, -0.25) is 14.2 Å². The first-order chi connectivity index (χ1) is 15.6. The highest BCUT2D eigenvalue weighted by Crippen LogP contribution is 2.29. The van der Waals surface area contributed by atoms with Gasteiger partial charge in [-0.2, -0.15) is 0 Å². The maximum absolute atomic E-state index is 13.6. The molecule has 1 N–H and O–H groups in total. The Balaban J connectivity index is 2.08. The first-order valence-electron chi connectivity index (χ1n) is 10.1. The molecule has 0 bridgehead atoms. The monoisotopic (exact) mass is 434 g/mol. The summed E-state index contributed by atoms with van der Waals surface area (Å²) >= 11 is 0. The molecule has 0 aliphatic rings. The third-order valence-electron chi connectivity index (χ3n) is 4.89. The second kappa shape index (κ2) is 11.0. The predicted octanol–water partition coefficient (Wildman–Crippen LogP) is 2.88. The fourth-order valence-electron chi connectivity index (χ4n) is 3.30. The van der Waals surface area contributed by atoms with Crippen molar-refractivity contribution in [3.63, 3.8) is 0 Å². The van der Waals surface area contributed by atoms with E-state index in [1.807, 2.05) is 30.3 Å². The maximum atomic E-state index is 13.6. The highest BCUT2D eigenvalue weighted by Gasteiger charge is 2.21. The molecule has 3 aromatic rings. The lowest BCUT2D eigenvalue weighted by atomic mass is 10.1. The summed E-state index contributed by atoms with van der Waals surface area (Å²) in [6.07, 6.45) is 3.17. The number of benzene rings is 2. The molecule has 0 aliphatic heterocycles. The topological polar surface area (TPSA) is 81.0 Å². The van der Waals surface area contributed by atoms with E-state index in [4.69, 9.17) is 9.47 Å². The van der Waals surface area contributed by atoms with Gasteiger partial charge in [0.05, 0.1) is 20.8 Å². The van der Waals surface area contributed by atoms with E-state index in [-0.39, 0.29) is 30.3 Å². The number of rotatable bonds is 9. The number of carbonyl (C=O) groups is 1. The number of amides is 1. The number of hydrogen-bond donors (Lipinski definition) is 1. The van der Waals surface area contributed by atoms with Gasteiger partial charge in [0.1, 0.15) is 5.70 Å². The van der Waals surface area contributed by atoms with Crippen molar-refractivity contribution >= 4 is 17.7 Å². The van der Waals surface area contributed by atoms with Gasteiger partial charge in [-0.1, -0.05) is 42.5 Å². The van der Waals surface area contributed by atoms with Crippen LogP contribution in [0.1, 0.15) is 11.1 Å². The van der Waals surface area contributed by atoms with Crippen molar-refractivity contribution < 1.29 is 19.4 Å². The molecule has 32 heavy (non-hydrogen) atoms. The zero-order valence-corrected chi connectivity index (χ0v) is 18.1. The minimum atomic E-state index is -0.383. The van der Waals surface area contributed by atoms with Crippen LogP contribution in [0.25, 0.3) is 11.8 Å². The van der Waals surface area contributed by atoms with E-state index in [0.717, 1.165) is 5.56 Å². The van der Waals surface area contributed by atoms with Crippen LogP contribution in [0.15, 0.2) is 77.7 Å². The smallest absolute Gasteiger partial charge is 0.271 e. The number of aliphatic hydroxyl groups is 1. The van der Waals surface area contributed by atoms with E-state index in [1.54, 1.807) is 49.7 Å². The summed E-state index contributed by atoms with van der Waals surface area (Å²) in [5.41, 5.74) is 1.40. The Hall–Kier alpha value is -3.84. The van der Waals surface area contributed by atoms with Gasteiger partial charge in [0.15, 0.2) is 11.5 Å². The zero-order valence-electron chi connectivity index (χ0n) is 18.1. The van der Waals surface area contributed by atoms with E-state index in [1.165, 1.54) is 22.6 Å². The van der Waals surface area contributed by atoms with Crippen LogP contribution in [0, 0.1) is 0 Å². The molecule has 0 spiro atoms. The number of pyridine rings is 1. The second-order valence-electron chi connectivity index (χ2n) is 6.99. The molecule has 0 unspecified atom stereocenters. The predicted molar refractivity (Wildman–Crippen MR) is 123 cm³/mol. The Morgan fingerprint density at radius 1 is 1.00 bits per heavy atom. The molecule has 1 amide bonds. The third-order valence-corrected chi connectivity index (χ3v) is 4.89. The summed E-state index contributed by atoms with van der Waals surface area (Å²) in [4.78, 5) is 27.7. The lowest BCUT2D eigenvalue weighted by molar-refractivity contribution is -0.126. The summed E-state index contributed by atoms with van der Waals surface area (Å²) in [5.74, 6) is 0.677. The van der Waals surface area contributed by atoms with E-state index >= 15 is 0 Å². The largest absolute Gasteiger partial charge is 0.493 e. The van der Waals surface area contributed by atoms with Gasteiger partial charge in [-0.15, -0.1) is 0 Å². The minimum absolute atomic E-state index is 0.124. The van der Waals surface area contributed by atoms with E-state index in [9.17, 15) is 14.7 Å². The van der Waals surface area contributed by atoms with Gasteiger partial charge in [-0.05, 0) is 35.4 Å². The molecule has 7 heteroatoms. The summed E-state index contributed by atoms with van der Waals surface area (Å²) in [6.45, 7) is 0.218. The van der Waals surface area contributed by atoms with Crippen molar-refractivity contribution in [1.82, 2.24) is 9.47 Å². The number of nitrogens with zero attached hydrogens (tertiary/aromatic N) is 2. The molecule has 1 heterocycles. The number of methoxy groups -OCH3 is 2. The molecule has 0 fully saturated rings. The number of aromatic nitrogens is 1. The lowest BCUT2D eigenvalue weighted by Gasteiger charge is -2.24. The van der Waals surface area contributed by atoms with Gasteiger partial charge in [0, 0.05) is 25.4 Å². The first kappa shape index (κ1) is 22.8. The number of hydrogen-bond acceptors (Lipinski definition) is 5. The van der Waals surface area contributed by atoms with Crippen molar-refractivity contribution in [3.05, 3.63) is 94.4 Å². The summed E-state index contributed by atoms with van der Waals surface area (Å²) in [5, 5.41) is 9.57. The highest BCUT2D eigenvalue weighted by molar-refractivity contribution is 6.18. The SMILES string of the molecule is COc1ccc(/C=C(\C(=O)N(CCO)Cc2ccccc2)n2ccccc2=O)cc1OC. The summed E-state index contributed by atoms with van der Waals surface area (Å²) in [7, 11) is 3.07. The lowest BCUT2D eigenvalue weighted by Crippen LogP contribution is -2.36. The van der Waals surface area contributed by atoms with Crippen LogP contribution in [-0.2, 0) is 11.3 Å². The Morgan fingerprint density at radius 2 is 1.72 bits per heavy atom. The van der Waals surface area contributed by atoms with Gasteiger partial charge >= 0.3 is 0 Å². The Labute approximate surface area is 186 Å². The fourth-order valence-corrected chi connectivity index (χ4v) is 3.30. The van der Waals surface area contributed by atoms with Gasteiger partial charge in [-0.25, -0.2) is 0 Å². The summed E-state index contributed by atoms with van der Waals surface area (Å²) in [6, 6.07) is 19.4. The van der Waals surface area contributed by atoms with Crippen LogP contribution in [0.5, 0.6) is 11.5 Å². The molecular formula is C25H26N2O5. The third kappa shape index (κ3) is 5.44. The van der Waals surface area contributed by atoms with Crippen molar-refractivity contribution in [2.45, 2.75) is 6.54 Å². The van der Waals surface area contributed by atoms with E-state index in [2.05, 4.69) is 0 Å². The van der Waals surface area contributed by atoms with Crippen LogP contribution in [0.3, 0.4) is 0 Å². The number of carbonyl (C=O) groups excluding carboxylic acids is 1. The zero-order chi connectivity index (χ0) is 22.9. The molecule has 0 radical (unpaired) electrons. The van der Waals surface area contributed by atoms with Crippen LogP contribution in [-0.4, -0.2) is 47.9 Å². The van der Waals surface area contributed by atoms with Crippen LogP contribution in [0.4, 0.5) is 0 Å². The van der Waals surface area contributed by atoms with Gasteiger partial charge in [0.25, 0.3) is 11.5 Å². The van der Waals surface area contributed by atoms with E-state index < -0.39 is 0 Å².